The highest BCUT2D eigenvalue weighted by atomic mass is 79.9. The minimum Gasteiger partial charge on any atom is -0.481 e. The molecule has 6 rings (SSSR count). The number of carboxylic acid groups (broad SMARTS) is 1. The largest absolute Gasteiger partial charge is 0.481 e. The van der Waals surface area contributed by atoms with Crippen molar-refractivity contribution in [3.8, 4) is 0 Å². The molecule has 3 amide bonds. The van der Waals surface area contributed by atoms with Crippen LogP contribution in [0.5, 0.6) is 0 Å². The van der Waals surface area contributed by atoms with Crippen molar-refractivity contribution in [3.05, 3.63) is 64.1 Å². The Morgan fingerprint density at radius 2 is 1.82 bits per heavy atom. The molecule has 0 radical (unpaired) electrons. The van der Waals surface area contributed by atoms with Gasteiger partial charge in [0.2, 0.25) is 0 Å². The van der Waals surface area contributed by atoms with E-state index in [2.05, 4.69) is 35.1 Å². The first kappa shape index (κ1) is 26.4. The second-order valence-corrected chi connectivity index (χ2v) is 13.5. The molecule has 2 N–H and O–H groups in total. The predicted molar refractivity (Wildman–Crippen MR) is 152 cm³/mol. The van der Waals surface area contributed by atoms with Gasteiger partial charge in [0.25, 0.3) is 5.91 Å². The Balaban J connectivity index is 1.16. The lowest BCUT2D eigenvalue weighted by Crippen LogP contribution is -2.53. The number of carboxylic acids is 1. The van der Waals surface area contributed by atoms with Crippen molar-refractivity contribution in [2.24, 2.45) is 34.5 Å². The molecule has 4 fully saturated rings. The molecule has 3 aliphatic carbocycles. The molecule has 4 aliphatic rings. The number of carbonyl (C=O) groups is 3. The number of hydrogen-bond acceptors (Lipinski definition) is 3. The van der Waals surface area contributed by atoms with Gasteiger partial charge in [-0.25, -0.2) is 4.79 Å². The maximum Gasteiger partial charge on any atom is 0.324 e. The molecular weight excluding hydrogens is 558 g/mol. The Morgan fingerprint density at radius 1 is 1.08 bits per heavy atom. The van der Waals surface area contributed by atoms with Crippen LogP contribution in [0.25, 0.3) is 0 Å². The molecule has 39 heavy (non-hydrogen) atoms. The number of benzene rings is 2. The van der Waals surface area contributed by atoms with E-state index in [-0.39, 0.29) is 30.8 Å². The first-order valence-corrected chi connectivity index (χ1v) is 14.8. The van der Waals surface area contributed by atoms with Gasteiger partial charge < -0.3 is 15.3 Å². The Kier molecular flexibility index (Phi) is 6.52. The molecule has 206 valence electrons. The molecule has 2 aromatic carbocycles. The second kappa shape index (κ2) is 9.65. The van der Waals surface area contributed by atoms with E-state index in [0.29, 0.717) is 41.9 Å². The fraction of sp³-hybridized carbons (Fsp3) is 0.516. The maximum absolute atomic E-state index is 13.6. The molecule has 7 nitrogen and oxygen atoms in total. The number of carbonyl (C=O) groups excluding carboxylic acids is 2. The number of anilines is 1. The van der Waals surface area contributed by atoms with Crippen LogP contribution in [0, 0.1) is 34.5 Å². The number of amides is 3. The minimum absolute atomic E-state index is 0.0271. The maximum atomic E-state index is 13.6. The number of urea groups is 1. The van der Waals surface area contributed by atoms with Gasteiger partial charge in [-0.1, -0.05) is 48.0 Å². The average molecular weight is 595 g/mol. The number of hydrogen-bond donors (Lipinski definition) is 2. The average Bonchev–Trinajstić information content (AvgIpc) is 3.77. The molecule has 0 aromatic heterocycles. The van der Waals surface area contributed by atoms with Crippen molar-refractivity contribution in [1.29, 1.82) is 0 Å². The van der Waals surface area contributed by atoms with E-state index in [1.54, 1.807) is 9.80 Å². The summed E-state index contributed by atoms with van der Waals surface area (Å²) in [6.45, 7) is 6.44. The van der Waals surface area contributed by atoms with Crippen LogP contribution in [0.1, 0.15) is 55.5 Å². The number of nitrogens with one attached hydrogen (secondary N) is 1. The summed E-state index contributed by atoms with van der Waals surface area (Å²) < 4.78 is 0.903. The lowest BCUT2D eigenvalue weighted by molar-refractivity contribution is -0.138. The number of nitrogens with zero attached hydrogens (tertiary/aromatic N) is 2. The van der Waals surface area contributed by atoms with Gasteiger partial charge in [0, 0.05) is 47.8 Å². The van der Waals surface area contributed by atoms with Crippen molar-refractivity contribution in [3.63, 3.8) is 0 Å². The monoisotopic (exact) mass is 593 g/mol. The van der Waals surface area contributed by atoms with E-state index in [1.165, 1.54) is 19.3 Å². The summed E-state index contributed by atoms with van der Waals surface area (Å²) in [7, 11) is 0. The molecule has 3 saturated carbocycles. The zero-order valence-corrected chi connectivity index (χ0v) is 24.1. The molecule has 5 atom stereocenters. The zero-order valence-electron chi connectivity index (χ0n) is 22.5. The molecule has 2 aromatic rings. The van der Waals surface area contributed by atoms with Crippen LogP contribution < -0.4 is 10.2 Å². The molecule has 3 unspecified atom stereocenters. The van der Waals surface area contributed by atoms with E-state index in [0.717, 1.165) is 27.6 Å². The fourth-order valence-electron chi connectivity index (χ4n) is 8.18. The van der Waals surface area contributed by atoms with Gasteiger partial charge in [0.05, 0.1) is 6.42 Å². The lowest BCUT2D eigenvalue weighted by Gasteiger charge is -2.40. The van der Waals surface area contributed by atoms with Crippen LogP contribution in [0.3, 0.4) is 0 Å². The smallest absolute Gasteiger partial charge is 0.324 e. The molecule has 8 heteroatoms. The number of rotatable bonds is 8. The van der Waals surface area contributed by atoms with E-state index >= 15 is 0 Å². The third-order valence-electron chi connectivity index (χ3n) is 10.2. The lowest BCUT2D eigenvalue weighted by atomic mass is 9.89. The molecule has 1 heterocycles. The summed E-state index contributed by atoms with van der Waals surface area (Å²) in [6.07, 6.45) is 3.73. The Hall–Kier alpha value is -2.87. The Morgan fingerprint density at radius 3 is 2.56 bits per heavy atom. The van der Waals surface area contributed by atoms with E-state index < -0.39 is 5.97 Å². The molecule has 1 aliphatic heterocycles. The zero-order chi connectivity index (χ0) is 27.5. The van der Waals surface area contributed by atoms with Crippen LogP contribution in [0.15, 0.2) is 53.0 Å². The van der Waals surface area contributed by atoms with Crippen molar-refractivity contribution in [2.75, 3.05) is 24.5 Å². The Bertz CT molecular complexity index is 1310. The van der Waals surface area contributed by atoms with E-state index in [9.17, 15) is 19.5 Å². The molecule has 1 saturated heterocycles. The summed E-state index contributed by atoms with van der Waals surface area (Å²) in [4.78, 5) is 41.8. The van der Waals surface area contributed by atoms with E-state index in [4.69, 9.17) is 0 Å². The van der Waals surface area contributed by atoms with Crippen LogP contribution >= 0.6 is 15.9 Å². The first-order chi connectivity index (χ1) is 18.6. The van der Waals surface area contributed by atoms with Crippen LogP contribution in [0.4, 0.5) is 10.5 Å². The highest BCUT2D eigenvalue weighted by Gasteiger charge is 2.84. The van der Waals surface area contributed by atoms with Crippen LogP contribution in [-0.2, 0) is 11.3 Å². The standard InChI is InChI=1S/C31H36BrN3O4/c1-30(2)26-12-7-20(25-14-31(25,26)30)15-33-28(38)24-6-4-3-5-21(24)18-34-16-19(13-27(36)37)17-35(29(34)39)23-10-8-22(32)9-11-23/h3-6,8-11,19-20,25-26H,7,12-18H2,1-2H3,(H,33,38)(H,36,37)/t19?,20-,25-,26?,31?/m0/s1. The topological polar surface area (TPSA) is 89.9 Å². The van der Waals surface area contributed by atoms with Gasteiger partial charge in [-0.3, -0.25) is 14.5 Å². The number of halogens is 1. The van der Waals surface area contributed by atoms with Crippen molar-refractivity contribution in [1.82, 2.24) is 10.2 Å². The third-order valence-corrected chi connectivity index (χ3v) is 10.8. The van der Waals surface area contributed by atoms with Gasteiger partial charge in [-0.2, -0.15) is 0 Å². The predicted octanol–water partition coefficient (Wildman–Crippen LogP) is 5.78. The van der Waals surface area contributed by atoms with Gasteiger partial charge in [0.1, 0.15) is 0 Å². The summed E-state index contributed by atoms with van der Waals surface area (Å²) in [5.74, 6) is 0.937. The molecular formula is C31H36BrN3O4. The Labute approximate surface area is 238 Å². The van der Waals surface area contributed by atoms with Gasteiger partial charge >= 0.3 is 12.0 Å². The fourth-order valence-corrected chi connectivity index (χ4v) is 8.45. The highest BCUT2D eigenvalue weighted by Crippen LogP contribution is 2.89. The van der Waals surface area contributed by atoms with Gasteiger partial charge in [0.15, 0.2) is 0 Å². The quantitative estimate of drug-likeness (QED) is 0.405. The first-order valence-electron chi connectivity index (χ1n) is 14.0. The SMILES string of the molecule is CC1(C)C2CC[C@@H](CNC(=O)c3ccccc3CN3CC(CC(=O)O)CN(c4ccc(Br)cc4)C3=O)[C@@H]3CC231. The van der Waals surface area contributed by atoms with Crippen molar-refractivity contribution < 1.29 is 19.5 Å². The van der Waals surface area contributed by atoms with Crippen molar-refractivity contribution >= 4 is 39.5 Å². The summed E-state index contributed by atoms with van der Waals surface area (Å²) >= 11 is 3.43. The molecule has 1 spiro atoms. The molecule has 0 bridgehead atoms. The summed E-state index contributed by atoms with van der Waals surface area (Å²) in [6, 6.07) is 14.7. The van der Waals surface area contributed by atoms with Crippen molar-refractivity contribution in [2.45, 2.75) is 46.1 Å². The summed E-state index contributed by atoms with van der Waals surface area (Å²) in [5, 5.41) is 12.7. The highest BCUT2D eigenvalue weighted by molar-refractivity contribution is 9.10. The van der Waals surface area contributed by atoms with Crippen LogP contribution in [0.2, 0.25) is 0 Å². The van der Waals surface area contributed by atoms with E-state index in [1.807, 2.05) is 48.5 Å². The third kappa shape index (κ3) is 4.54. The second-order valence-electron chi connectivity index (χ2n) is 12.5. The summed E-state index contributed by atoms with van der Waals surface area (Å²) in [5.41, 5.74) is 3.07. The minimum atomic E-state index is -0.883. The van der Waals surface area contributed by atoms with Crippen LogP contribution in [-0.4, -0.2) is 47.5 Å². The normalized spacial score (nSPS) is 30.3. The van der Waals surface area contributed by atoms with Gasteiger partial charge in [-0.15, -0.1) is 0 Å². The number of aliphatic carboxylic acids is 1. The van der Waals surface area contributed by atoms with Gasteiger partial charge in [-0.05, 0) is 83.7 Å².